The van der Waals surface area contributed by atoms with Gasteiger partial charge in [0.15, 0.2) is 5.79 Å². The predicted octanol–water partition coefficient (Wildman–Crippen LogP) is 2.25. The van der Waals surface area contributed by atoms with Crippen molar-refractivity contribution in [2.75, 3.05) is 25.1 Å². The van der Waals surface area contributed by atoms with Crippen molar-refractivity contribution in [3.05, 3.63) is 24.3 Å². The molecule has 1 aromatic rings. The lowest BCUT2D eigenvalue weighted by atomic mass is 10.2. The Balaban J connectivity index is 1.91. The van der Waals surface area contributed by atoms with E-state index in [1.165, 1.54) is 12.1 Å². The highest BCUT2D eigenvalue weighted by molar-refractivity contribution is 7.91. The zero-order valence-electron chi connectivity index (χ0n) is 11.5. The first-order chi connectivity index (χ1) is 9.83. The maximum absolute atomic E-state index is 12.4. The van der Waals surface area contributed by atoms with E-state index in [1.54, 1.807) is 0 Å². The molecule has 0 spiro atoms. The molecule has 0 radical (unpaired) electrons. The van der Waals surface area contributed by atoms with Gasteiger partial charge >= 0.3 is 5.76 Å². The summed E-state index contributed by atoms with van der Waals surface area (Å²) < 4.78 is 58.2. The summed E-state index contributed by atoms with van der Waals surface area (Å²) in [6.45, 7) is 3.53. The van der Waals surface area contributed by atoms with Crippen LogP contribution in [0, 0.1) is 0 Å². The number of anilines is 1. The number of benzene rings is 1. The molecule has 8 heteroatoms. The lowest BCUT2D eigenvalue weighted by Crippen LogP contribution is -2.28. The number of rotatable bonds is 6. The van der Waals surface area contributed by atoms with Gasteiger partial charge in [0.2, 0.25) is 9.84 Å². The van der Waals surface area contributed by atoms with Crippen molar-refractivity contribution in [1.29, 1.82) is 0 Å². The molecule has 2 rings (SSSR count). The Morgan fingerprint density at radius 1 is 1.24 bits per heavy atom. The average molecular weight is 321 g/mol. The van der Waals surface area contributed by atoms with Crippen LogP contribution in [0.25, 0.3) is 0 Å². The molecule has 0 saturated carbocycles. The number of ether oxygens (including phenoxy) is 2. The third-order valence-electron chi connectivity index (χ3n) is 3.22. The predicted molar refractivity (Wildman–Crippen MR) is 73.0 cm³/mol. The van der Waals surface area contributed by atoms with Gasteiger partial charge in [-0.15, -0.1) is 0 Å². The topological polar surface area (TPSA) is 64.6 Å². The summed E-state index contributed by atoms with van der Waals surface area (Å²) in [5.74, 6) is -4.01. The van der Waals surface area contributed by atoms with E-state index in [0.717, 1.165) is 12.1 Å². The molecule has 1 saturated heterocycles. The molecule has 0 unspecified atom stereocenters. The molecule has 0 bridgehead atoms. The minimum atomic E-state index is -4.54. The third-order valence-corrected chi connectivity index (χ3v) is 4.62. The maximum Gasteiger partial charge on any atom is 0.341 e. The summed E-state index contributed by atoms with van der Waals surface area (Å²) in [7, 11) is -4.54. The van der Waals surface area contributed by atoms with Gasteiger partial charge in [0.05, 0.1) is 18.1 Å². The van der Waals surface area contributed by atoms with E-state index in [-0.39, 0.29) is 0 Å². The first kappa shape index (κ1) is 16.1. The van der Waals surface area contributed by atoms with Crippen LogP contribution in [-0.2, 0) is 19.3 Å². The van der Waals surface area contributed by atoms with E-state index in [9.17, 15) is 17.2 Å². The van der Waals surface area contributed by atoms with E-state index in [2.05, 4.69) is 5.32 Å². The molecule has 1 heterocycles. The average Bonchev–Trinajstić information content (AvgIpc) is 2.86. The van der Waals surface area contributed by atoms with Crippen LogP contribution in [0.1, 0.15) is 13.3 Å². The van der Waals surface area contributed by atoms with Gasteiger partial charge in [0, 0.05) is 18.7 Å². The zero-order valence-corrected chi connectivity index (χ0v) is 12.3. The second-order valence-electron chi connectivity index (χ2n) is 4.84. The van der Waals surface area contributed by atoms with Crippen LogP contribution in [0.4, 0.5) is 14.5 Å². The van der Waals surface area contributed by atoms with E-state index in [0.29, 0.717) is 31.9 Å². The van der Waals surface area contributed by atoms with E-state index >= 15 is 0 Å². The number of nitrogens with one attached hydrogen (secondary N) is 1. The lowest BCUT2D eigenvalue weighted by Gasteiger charge is -2.22. The molecule has 1 N–H and O–H groups in total. The summed E-state index contributed by atoms with van der Waals surface area (Å²) >= 11 is 0. The molecule has 5 nitrogen and oxygen atoms in total. The highest BCUT2D eigenvalue weighted by atomic mass is 32.2. The zero-order chi connectivity index (χ0) is 15.5. The Labute approximate surface area is 122 Å². The normalized spacial score (nSPS) is 18.1. The maximum atomic E-state index is 12.4. The molecular formula is C13H17F2NO4S. The van der Waals surface area contributed by atoms with Crippen LogP contribution in [0.3, 0.4) is 0 Å². The highest BCUT2D eigenvalue weighted by Crippen LogP contribution is 2.23. The molecule has 0 amide bonds. The fourth-order valence-electron chi connectivity index (χ4n) is 2.00. The first-order valence-corrected chi connectivity index (χ1v) is 8.02. The fourth-order valence-corrected chi connectivity index (χ4v) is 2.72. The van der Waals surface area contributed by atoms with Crippen molar-refractivity contribution in [3.8, 4) is 0 Å². The smallest absolute Gasteiger partial charge is 0.341 e. The number of sulfone groups is 1. The molecule has 0 aliphatic carbocycles. The second-order valence-corrected chi connectivity index (χ2v) is 6.76. The van der Waals surface area contributed by atoms with E-state index in [1.807, 2.05) is 6.92 Å². The van der Waals surface area contributed by atoms with Crippen molar-refractivity contribution in [3.63, 3.8) is 0 Å². The summed E-state index contributed by atoms with van der Waals surface area (Å²) in [5, 5.41) is 3.06. The van der Waals surface area contributed by atoms with Crippen molar-refractivity contribution in [2.24, 2.45) is 0 Å². The Kier molecular flexibility index (Phi) is 4.80. The van der Waals surface area contributed by atoms with Crippen molar-refractivity contribution in [1.82, 2.24) is 0 Å². The van der Waals surface area contributed by atoms with Gasteiger partial charge < -0.3 is 14.8 Å². The summed E-state index contributed by atoms with van der Waals surface area (Å²) in [6, 6.07) is 5.23. The summed E-state index contributed by atoms with van der Waals surface area (Å²) in [6.07, 6.45) is 0.615. The molecule has 0 aromatic heterocycles. The number of hydrogen-bond acceptors (Lipinski definition) is 5. The molecule has 0 atom stereocenters. The van der Waals surface area contributed by atoms with Gasteiger partial charge in [0.1, 0.15) is 0 Å². The van der Waals surface area contributed by atoms with Gasteiger partial charge in [-0.05, 0) is 31.2 Å². The Morgan fingerprint density at radius 2 is 1.81 bits per heavy atom. The largest absolute Gasteiger partial charge is 0.385 e. The molecular weight excluding hydrogens is 304 g/mol. The summed E-state index contributed by atoms with van der Waals surface area (Å²) in [4.78, 5) is -0.391. The van der Waals surface area contributed by atoms with Crippen LogP contribution in [0.2, 0.25) is 0 Å². The summed E-state index contributed by atoms with van der Waals surface area (Å²) in [5.41, 5.74) is 0.643. The minimum absolute atomic E-state index is 0.391. The number of hydrogen-bond donors (Lipinski definition) is 1. The van der Waals surface area contributed by atoms with Crippen LogP contribution in [0.5, 0.6) is 0 Å². The van der Waals surface area contributed by atoms with Crippen molar-refractivity contribution < 1.29 is 26.7 Å². The SMILES string of the molecule is CC1(CCNc2ccc(S(=O)(=O)C(F)F)cc2)OCCO1. The molecule has 21 heavy (non-hydrogen) atoms. The quantitative estimate of drug-likeness (QED) is 0.870. The Hall–Kier alpha value is -1.25. The third kappa shape index (κ3) is 3.90. The monoisotopic (exact) mass is 321 g/mol. The van der Waals surface area contributed by atoms with Crippen LogP contribution in [-0.4, -0.2) is 39.7 Å². The minimum Gasteiger partial charge on any atom is -0.385 e. The van der Waals surface area contributed by atoms with Gasteiger partial charge in [-0.25, -0.2) is 8.42 Å². The highest BCUT2D eigenvalue weighted by Gasteiger charge is 2.30. The number of halogens is 2. The van der Waals surface area contributed by atoms with Crippen LogP contribution >= 0.6 is 0 Å². The Bertz CT molecular complexity index is 568. The van der Waals surface area contributed by atoms with Gasteiger partial charge in [-0.3, -0.25) is 0 Å². The van der Waals surface area contributed by atoms with Crippen molar-refractivity contribution in [2.45, 2.75) is 29.8 Å². The second kappa shape index (κ2) is 6.25. The van der Waals surface area contributed by atoms with E-state index < -0.39 is 26.3 Å². The molecule has 1 aliphatic rings. The molecule has 1 aromatic carbocycles. The van der Waals surface area contributed by atoms with Gasteiger partial charge in [0.25, 0.3) is 0 Å². The first-order valence-electron chi connectivity index (χ1n) is 6.47. The van der Waals surface area contributed by atoms with E-state index in [4.69, 9.17) is 9.47 Å². The molecule has 1 fully saturated rings. The van der Waals surface area contributed by atoms with Gasteiger partial charge in [-0.2, -0.15) is 8.78 Å². The number of alkyl halides is 2. The lowest BCUT2D eigenvalue weighted by molar-refractivity contribution is -0.144. The molecule has 118 valence electrons. The van der Waals surface area contributed by atoms with Crippen LogP contribution < -0.4 is 5.32 Å². The van der Waals surface area contributed by atoms with Crippen molar-refractivity contribution >= 4 is 15.5 Å². The van der Waals surface area contributed by atoms with Gasteiger partial charge in [-0.1, -0.05) is 0 Å². The Morgan fingerprint density at radius 3 is 2.33 bits per heavy atom. The fraction of sp³-hybridized carbons (Fsp3) is 0.538. The standard InChI is InChI=1S/C13H17F2NO4S/c1-13(19-8-9-20-13)6-7-16-10-2-4-11(5-3-10)21(17,18)12(14)15/h2-5,12,16H,6-9H2,1H3. The van der Waals surface area contributed by atoms with Crippen LogP contribution in [0.15, 0.2) is 29.2 Å². The molecule has 1 aliphatic heterocycles.